The number of nitrogens with zero attached hydrogens (tertiary/aromatic N) is 2. The fraction of sp³-hybridized carbons (Fsp3) is 0.136. The molecular formula is C22H19N3O4. The number of ether oxygens (including phenoxy) is 2. The largest absolute Gasteiger partial charge is 0.497 e. The minimum absolute atomic E-state index is 0.110. The van der Waals surface area contributed by atoms with E-state index in [1.54, 1.807) is 32.4 Å². The van der Waals surface area contributed by atoms with Crippen molar-refractivity contribution >= 4 is 17.0 Å². The van der Waals surface area contributed by atoms with E-state index in [1.807, 2.05) is 31.2 Å². The lowest BCUT2D eigenvalue weighted by atomic mass is 10.0. The monoisotopic (exact) mass is 389 g/mol. The standard InChI is InChI=1S/C22H19N3O4/c1-12-4-6-13(7-5-12)20-19-16(22(26)27)11-17(23-21(19)25-24-20)15-10-14(28-2)8-9-18(15)29-3/h4-11H,1-3H3,(H,26,27)(H,23,24,25). The second-order valence-electron chi connectivity index (χ2n) is 6.59. The van der Waals surface area contributed by atoms with Gasteiger partial charge in [0.1, 0.15) is 11.5 Å². The van der Waals surface area contributed by atoms with E-state index in [-0.39, 0.29) is 5.56 Å². The first-order valence-electron chi connectivity index (χ1n) is 8.93. The number of carbonyl (C=O) groups is 1. The molecule has 2 heterocycles. The van der Waals surface area contributed by atoms with Gasteiger partial charge in [0, 0.05) is 11.1 Å². The summed E-state index contributed by atoms with van der Waals surface area (Å²) in [5.74, 6) is 0.112. The number of aromatic amines is 1. The van der Waals surface area contributed by atoms with Crippen molar-refractivity contribution in [2.24, 2.45) is 0 Å². The highest BCUT2D eigenvalue weighted by Crippen LogP contribution is 2.36. The van der Waals surface area contributed by atoms with Gasteiger partial charge in [-0.2, -0.15) is 5.10 Å². The molecule has 2 aromatic carbocycles. The molecule has 0 aliphatic rings. The molecular weight excluding hydrogens is 370 g/mol. The Labute approximate surface area is 166 Å². The highest BCUT2D eigenvalue weighted by atomic mass is 16.5. The van der Waals surface area contributed by atoms with Gasteiger partial charge in [0.25, 0.3) is 0 Å². The van der Waals surface area contributed by atoms with Crippen LogP contribution in [0.25, 0.3) is 33.5 Å². The molecule has 2 N–H and O–H groups in total. The molecule has 0 amide bonds. The minimum atomic E-state index is -1.06. The number of hydrogen-bond acceptors (Lipinski definition) is 5. The van der Waals surface area contributed by atoms with Crippen LogP contribution in [0, 0.1) is 6.92 Å². The van der Waals surface area contributed by atoms with Gasteiger partial charge in [-0.05, 0) is 31.2 Å². The van der Waals surface area contributed by atoms with E-state index in [2.05, 4.69) is 15.2 Å². The summed E-state index contributed by atoms with van der Waals surface area (Å²) in [6.45, 7) is 1.99. The quantitative estimate of drug-likeness (QED) is 0.528. The Kier molecular flexibility index (Phi) is 4.64. The van der Waals surface area contributed by atoms with Crippen LogP contribution in [0.15, 0.2) is 48.5 Å². The third-order valence-electron chi connectivity index (χ3n) is 4.78. The Morgan fingerprint density at radius 1 is 1.03 bits per heavy atom. The van der Waals surface area contributed by atoms with Gasteiger partial charge < -0.3 is 14.6 Å². The average molecular weight is 389 g/mol. The van der Waals surface area contributed by atoms with E-state index in [1.165, 1.54) is 6.07 Å². The van der Waals surface area contributed by atoms with Crippen LogP contribution in [0.3, 0.4) is 0 Å². The number of aryl methyl sites for hydroxylation is 1. The maximum Gasteiger partial charge on any atom is 0.336 e. The first kappa shape index (κ1) is 18.5. The van der Waals surface area contributed by atoms with E-state index in [9.17, 15) is 9.90 Å². The first-order chi connectivity index (χ1) is 14.0. The van der Waals surface area contributed by atoms with E-state index < -0.39 is 5.97 Å². The molecule has 7 nitrogen and oxygen atoms in total. The van der Waals surface area contributed by atoms with Gasteiger partial charge in [-0.25, -0.2) is 9.78 Å². The lowest BCUT2D eigenvalue weighted by molar-refractivity contribution is 0.0699. The zero-order valence-corrected chi connectivity index (χ0v) is 16.2. The number of carboxylic acid groups (broad SMARTS) is 1. The molecule has 7 heteroatoms. The van der Waals surface area contributed by atoms with E-state index in [0.29, 0.717) is 39.5 Å². The van der Waals surface area contributed by atoms with Crippen molar-refractivity contribution in [1.82, 2.24) is 15.2 Å². The van der Waals surface area contributed by atoms with Crippen molar-refractivity contribution in [3.05, 3.63) is 59.7 Å². The van der Waals surface area contributed by atoms with Crippen molar-refractivity contribution in [3.63, 3.8) is 0 Å². The van der Waals surface area contributed by atoms with Crippen LogP contribution in [0.2, 0.25) is 0 Å². The van der Waals surface area contributed by atoms with Crippen LogP contribution < -0.4 is 9.47 Å². The maximum absolute atomic E-state index is 12.1. The van der Waals surface area contributed by atoms with E-state index in [4.69, 9.17) is 9.47 Å². The number of H-pyrrole nitrogens is 1. The molecule has 0 saturated carbocycles. The molecule has 0 aliphatic carbocycles. The number of pyridine rings is 1. The Hall–Kier alpha value is -3.87. The zero-order valence-electron chi connectivity index (χ0n) is 16.2. The Morgan fingerprint density at radius 2 is 1.79 bits per heavy atom. The molecule has 29 heavy (non-hydrogen) atoms. The van der Waals surface area contributed by atoms with Crippen LogP contribution in [-0.4, -0.2) is 40.5 Å². The highest BCUT2D eigenvalue weighted by molar-refractivity contribution is 6.08. The molecule has 0 unspecified atom stereocenters. The summed E-state index contributed by atoms with van der Waals surface area (Å²) in [6.07, 6.45) is 0. The summed E-state index contributed by atoms with van der Waals surface area (Å²) in [5.41, 5.74) is 4.06. The van der Waals surface area contributed by atoms with Crippen LogP contribution in [-0.2, 0) is 0 Å². The summed E-state index contributed by atoms with van der Waals surface area (Å²) in [7, 11) is 3.11. The molecule has 0 aliphatic heterocycles. The second kappa shape index (κ2) is 7.27. The number of benzene rings is 2. The summed E-state index contributed by atoms with van der Waals surface area (Å²) >= 11 is 0. The van der Waals surface area contributed by atoms with Gasteiger partial charge in [-0.3, -0.25) is 5.10 Å². The topological polar surface area (TPSA) is 97.3 Å². The molecule has 0 saturated heterocycles. The molecule has 0 spiro atoms. The third-order valence-corrected chi connectivity index (χ3v) is 4.78. The predicted molar refractivity (Wildman–Crippen MR) is 110 cm³/mol. The van der Waals surface area contributed by atoms with Crippen molar-refractivity contribution in [2.45, 2.75) is 6.92 Å². The van der Waals surface area contributed by atoms with Gasteiger partial charge in [0.15, 0.2) is 5.65 Å². The summed E-state index contributed by atoms with van der Waals surface area (Å²) in [6, 6.07) is 14.6. The number of rotatable bonds is 5. The summed E-state index contributed by atoms with van der Waals surface area (Å²) in [5, 5.41) is 17.6. The Balaban J connectivity index is 1.96. The van der Waals surface area contributed by atoms with Gasteiger partial charge >= 0.3 is 5.97 Å². The van der Waals surface area contributed by atoms with Crippen LogP contribution in [0.4, 0.5) is 0 Å². The number of fused-ring (bicyclic) bond motifs is 1. The van der Waals surface area contributed by atoms with Crippen molar-refractivity contribution < 1.29 is 19.4 Å². The van der Waals surface area contributed by atoms with Crippen LogP contribution in [0.1, 0.15) is 15.9 Å². The van der Waals surface area contributed by atoms with Gasteiger partial charge in [-0.1, -0.05) is 29.8 Å². The number of methoxy groups -OCH3 is 2. The minimum Gasteiger partial charge on any atom is -0.497 e. The zero-order chi connectivity index (χ0) is 20.5. The molecule has 0 atom stereocenters. The molecule has 4 rings (SSSR count). The molecule has 4 aromatic rings. The molecule has 0 fully saturated rings. The Bertz CT molecular complexity index is 1210. The van der Waals surface area contributed by atoms with Gasteiger partial charge in [0.2, 0.25) is 0 Å². The average Bonchev–Trinajstić information content (AvgIpc) is 3.17. The smallest absolute Gasteiger partial charge is 0.336 e. The number of hydrogen-bond donors (Lipinski definition) is 2. The van der Waals surface area contributed by atoms with Crippen molar-refractivity contribution in [3.8, 4) is 34.0 Å². The predicted octanol–water partition coefficient (Wildman–Crippen LogP) is 4.32. The highest BCUT2D eigenvalue weighted by Gasteiger charge is 2.21. The summed E-state index contributed by atoms with van der Waals surface area (Å²) in [4.78, 5) is 16.7. The lowest BCUT2D eigenvalue weighted by Gasteiger charge is -2.11. The van der Waals surface area contributed by atoms with Crippen LogP contribution >= 0.6 is 0 Å². The first-order valence-corrected chi connectivity index (χ1v) is 8.93. The SMILES string of the molecule is COc1ccc(OC)c(-c2cc(C(=O)O)c3c(-c4ccc(C)cc4)[nH]nc3n2)c1. The summed E-state index contributed by atoms with van der Waals surface area (Å²) < 4.78 is 10.7. The van der Waals surface area contributed by atoms with Gasteiger partial charge in [-0.15, -0.1) is 0 Å². The molecule has 0 bridgehead atoms. The number of carboxylic acids is 1. The number of aromatic carboxylic acids is 1. The van der Waals surface area contributed by atoms with Crippen molar-refractivity contribution in [2.75, 3.05) is 14.2 Å². The third kappa shape index (κ3) is 3.27. The fourth-order valence-corrected chi connectivity index (χ4v) is 3.27. The molecule has 146 valence electrons. The lowest BCUT2D eigenvalue weighted by Crippen LogP contribution is -2.01. The van der Waals surface area contributed by atoms with Gasteiger partial charge in [0.05, 0.1) is 36.6 Å². The van der Waals surface area contributed by atoms with Crippen molar-refractivity contribution in [1.29, 1.82) is 0 Å². The second-order valence-corrected chi connectivity index (χ2v) is 6.59. The van der Waals surface area contributed by atoms with E-state index in [0.717, 1.165) is 11.1 Å². The fourth-order valence-electron chi connectivity index (χ4n) is 3.27. The van der Waals surface area contributed by atoms with E-state index >= 15 is 0 Å². The Morgan fingerprint density at radius 3 is 2.45 bits per heavy atom. The normalized spacial score (nSPS) is 10.9. The molecule has 2 aromatic heterocycles. The van der Waals surface area contributed by atoms with Crippen LogP contribution in [0.5, 0.6) is 11.5 Å². The maximum atomic E-state index is 12.1. The number of nitrogens with one attached hydrogen (secondary N) is 1. The number of aromatic nitrogens is 3. The molecule has 0 radical (unpaired) electrons.